The van der Waals surface area contributed by atoms with E-state index in [0.717, 1.165) is 17.8 Å². The van der Waals surface area contributed by atoms with Gasteiger partial charge in [0.05, 0.1) is 16.9 Å². The molecule has 4 N–H and O–H groups in total. The number of nitrogens with one attached hydrogen (secondary N) is 1. The number of halogens is 3. The minimum Gasteiger partial charge on any atom is -0.395 e. The second-order valence-electron chi connectivity index (χ2n) is 8.10. The molecule has 2 aliphatic rings. The number of pyridine rings is 2. The number of rotatable bonds is 5. The molecule has 2 aromatic heterocycles. The molecule has 0 spiro atoms. The molecule has 0 radical (unpaired) electrons. The average molecular weight is 470 g/mol. The molecule has 3 heterocycles. The van der Waals surface area contributed by atoms with Crippen molar-refractivity contribution < 1.29 is 18.3 Å². The Labute approximate surface area is 190 Å². The van der Waals surface area contributed by atoms with Crippen LogP contribution in [0.3, 0.4) is 0 Å². The topological polar surface area (TPSA) is 120 Å². The second-order valence-corrected chi connectivity index (χ2v) is 9.54. The Morgan fingerprint density at radius 1 is 1.30 bits per heavy atom. The number of benzene rings is 1. The van der Waals surface area contributed by atoms with Crippen molar-refractivity contribution in [1.29, 1.82) is 5.26 Å². The summed E-state index contributed by atoms with van der Waals surface area (Å²) in [6, 6.07) is 7.52. The Balaban J connectivity index is 1.61. The fourth-order valence-corrected chi connectivity index (χ4v) is 5.76. The predicted molar refractivity (Wildman–Crippen MR) is 119 cm³/mol. The molecule has 1 aliphatic heterocycles. The molecule has 0 unspecified atom stereocenters. The fraction of sp³-hybridized carbons (Fsp3) is 0.273. The highest BCUT2D eigenvalue weighted by Gasteiger charge is 2.68. The van der Waals surface area contributed by atoms with Crippen LogP contribution in [0, 0.1) is 28.9 Å². The molecule has 0 amide bonds. The van der Waals surface area contributed by atoms with E-state index < -0.39 is 34.5 Å². The highest BCUT2D eigenvalue weighted by Crippen LogP contribution is 2.66. The molecule has 1 fully saturated rings. The van der Waals surface area contributed by atoms with E-state index >= 15 is 4.39 Å². The average Bonchev–Trinajstić information content (AvgIpc) is 3.56. The molecule has 3 aromatic rings. The van der Waals surface area contributed by atoms with Gasteiger partial charge in [-0.2, -0.15) is 5.26 Å². The van der Waals surface area contributed by atoms with Crippen LogP contribution in [-0.2, 0) is 5.54 Å². The van der Waals surface area contributed by atoms with Crippen LogP contribution >= 0.6 is 11.8 Å². The number of hydrogen-bond acceptors (Lipinski definition) is 8. The number of aliphatic imine (C=N–C) groups is 1. The summed E-state index contributed by atoms with van der Waals surface area (Å²) < 4.78 is 43.5. The summed E-state index contributed by atoms with van der Waals surface area (Å²) in [6.45, 7) is -1.38. The third-order valence-corrected chi connectivity index (χ3v) is 7.46. The third kappa shape index (κ3) is 3.29. The molecule has 11 heteroatoms. The number of alkyl halides is 1. The smallest absolute Gasteiger partial charge is 0.164 e. The largest absolute Gasteiger partial charge is 0.395 e. The van der Waals surface area contributed by atoms with E-state index in [1.165, 1.54) is 18.5 Å². The van der Waals surface area contributed by atoms with Gasteiger partial charge in [-0.15, -0.1) is 0 Å². The molecule has 0 bridgehead atoms. The van der Waals surface area contributed by atoms with Crippen molar-refractivity contribution in [1.82, 2.24) is 9.97 Å². The van der Waals surface area contributed by atoms with Gasteiger partial charge in [0.1, 0.15) is 23.8 Å². The number of thioether (sulfide) groups is 1. The van der Waals surface area contributed by atoms with Crippen molar-refractivity contribution in [3.05, 3.63) is 59.4 Å². The molecule has 1 saturated carbocycles. The summed E-state index contributed by atoms with van der Waals surface area (Å²) in [6.07, 6.45) is 3.24. The number of nitrogens with zero attached hydrogens (tertiary/aromatic N) is 4. The molecule has 5 rings (SSSR count). The fourth-order valence-electron chi connectivity index (χ4n) is 4.48. The quantitative estimate of drug-likeness (QED) is 0.522. The van der Waals surface area contributed by atoms with Gasteiger partial charge in [-0.3, -0.25) is 4.98 Å². The first-order valence-corrected chi connectivity index (χ1v) is 10.8. The lowest BCUT2D eigenvalue weighted by atomic mass is 9.84. The number of aliphatic hydroxyl groups is 1. The standard InChI is InChI=1S/C22H17F3N6OS/c23-9-22(16-6-21(16,10-32)33-20(27)31-22)14-4-13(5-15(24)17(14)25)30-19-18-12(1-2-28-19)3-11(7-26)8-29-18/h1-5,8,16,32H,6,9-10H2,(H2,27,31)(H,28,30)/t16-,21-,22-/m1/s1. The van der Waals surface area contributed by atoms with Gasteiger partial charge >= 0.3 is 0 Å². The summed E-state index contributed by atoms with van der Waals surface area (Å²) in [5.41, 5.74) is 4.77. The monoisotopic (exact) mass is 470 g/mol. The van der Waals surface area contributed by atoms with E-state index in [2.05, 4.69) is 20.3 Å². The van der Waals surface area contributed by atoms with Crippen molar-refractivity contribution in [2.75, 3.05) is 18.6 Å². The van der Waals surface area contributed by atoms with Gasteiger partial charge in [0.2, 0.25) is 0 Å². The Kier molecular flexibility index (Phi) is 4.95. The maximum absolute atomic E-state index is 15.0. The van der Waals surface area contributed by atoms with Crippen molar-refractivity contribution >= 4 is 39.3 Å². The molecular formula is C22H17F3N6OS. The molecule has 0 saturated heterocycles. The first-order valence-electron chi connectivity index (χ1n) is 9.98. The lowest BCUT2D eigenvalue weighted by Gasteiger charge is -2.34. The van der Waals surface area contributed by atoms with E-state index in [1.807, 2.05) is 6.07 Å². The van der Waals surface area contributed by atoms with E-state index in [-0.39, 0.29) is 28.8 Å². The zero-order chi connectivity index (χ0) is 23.4. The number of anilines is 2. The highest BCUT2D eigenvalue weighted by molar-refractivity contribution is 8.15. The zero-order valence-corrected chi connectivity index (χ0v) is 17.8. The minimum atomic E-state index is -1.74. The predicted octanol–water partition coefficient (Wildman–Crippen LogP) is 3.50. The number of amidine groups is 1. The summed E-state index contributed by atoms with van der Waals surface area (Å²) >= 11 is 1.13. The Morgan fingerprint density at radius 3 is 2.85 bits per heavy atom. The number of nitrogens with two attached hydrogens (primary N) is 1. The van der Waals surface area contributed by atoms with Crippen molar-refractivity contribution in [2.45, 2.75) is 16.7 Å². The van der Waals surface area contributed by atoms with Crippen LogP contribution in [0.4, 0.5) is 24.7 Å². The van der Waals surface area contributed by atoms with Crippen LogP contribution in [-0.4, -0.2) is 38.3 Å². The maximum Gasteiger partial charge on any atom is 0.164 e. The van der Waals surface area contributed by atoms with Gasteiger partial charge < -0.3 is 16.2 Å². The van der Waals surface area contributed by atoms with Crippen LogP contribution in [0.25, 0.3) is 10.9 Å². The Bertz CT molecular complexity index is 1360. The number of nitriles is 1. The van der Waals surface area contributed by atoms with E-state index in [9.17, 15) is 13.9 Å². The maximum atomic E-state index is 15.0. The second kappa shape index (κ2) is 7.60. The van der Waals surface area contributed by atoms with Gasteiger partial charge in [0.25, 0.3) is 0 Å². The number of aliphatic hydroxyl groups excluding tert-OH is 1. The Morgan fingerprint density at radius 2 is 2.12 bits per heavy atom. The summed E-state index contributed by atoms with van der Waals surface area (Å²) in [7, 11) is 0. The third-order valence-electron chi connectivity index (χ3n) is 6.18. The van der Waals surface area contributed by atoms with Crippen LogP contribution in [0.1, 0.15) is 17.5 Å². The zero-order valence-electron chi connectivity index (χ0n) is 17.0. The van der Waals surface area contributed by atoms with Crippen molar-refractivity contribution in [3.63, 3.8) is 0 Å². The van der Waals surface area contributed by atoms with Crippen molar-refractivity contribution in [3.8, 4) is 6.07 Å². The summed E-state index contributed by atoms with van der Waals surface area (Å²) in [5.74, 6) is -2.70. The molecule has 7 nitrogen and oxygen atoms in total. The van der Waals surface area contributed by atoms with Crippen LogP contribution in [0.5, 0.6) is 0 Å². The van der Waals surface area contributed by atoms with E-state index in [1.54, 1.807) is 12.1 Å². The molecular weight excluding hydrogens is 453 g/mol. The van der Waals surface area contributed by atoms with Gasteiger partial charge in [0.15, 0.2) is 22.6 Å². The molecule has 1 aliphatic carbocycles. The van der Waals surface area contributed by atoms with Gasteiger partial charge in [-0.25, -0.2) is 23.1 Å². The van der Waals surface area contributed by atoms with Crippen LogP contribution in [0.15, 0.2) is 41.7 Å². The molecule has 1 aromatic carbocycles. The lowest BCUT2D eigenvalue weighted by Crippen LogP contribution is -2.41. The van der Waals surface area contributed by atoms with Crippen LogP contribution in [0.2, 0.25) is 0 Å². The molecule has 168 valence electrons. The highest BCUT2D eigenvalue weighted by atomic mass is 32.2. The normalized spacial score (nSPS) is 25.8. The lowest BCUT2D eigenvalue weighted by molar-refractivity contribution is 0.230. The molecule has 33 heavy (non-hydrogen) atoms. The van der Waals surface area contributed by atoms with Crippen LogP contribution < -0.4 is 11.1 Å². The van der Waals surface area contributed by atoms with E-state index in [0.29, 0.717) is 22.9 Å². The number of fused-ring (bicyclic) bond motifs is 2. The number of hydrogen-bond donors (Lipinski definition) is 3. The van der Waals surface area contributed by atoms with Crippen molar-refractivity contribution in [2.24, 2.45) is 16.6 Å². The summed E-state index contributed by atoms with van der Waals surface area (Å²) in [4.78, 5) is 12.7. The van der Waals surface area contributed by atoms with Gasteiger partial charge in [-0.1, -0.05) is 11.8 Å². The summed E-state index contributed by atoms with van der Waals surface area (Å²) in [5, 5.41) is 22.5. The SMILES string of the molecule is N#Cc1cnc2c(Nc3cc(F)c(F)c([C@@]4(CF)N=C(N)S[C@@]5(CO)C[C@H]54)c3)nccc2c1. The first-order chi connectivity index (χ1) is 15.9. The number of aromatic nitrogens is 2. The van der Waals surface area contributed by atoms with Gasteiger partial charge in [0, 0.05) is 41.0 Å². The minimum absolute atomic E-state index is 0.0156. The Hall–Kier alpha value is -3.36. The first kappa shape index (κ1) is 21.5. The molecule has 3 atom stereocenters. The van der Waals surface area contributed by atoms with Gasteiger partial charge in [-0.05, 0) is 24.6 Å². The van der Waals surface area contributed by atoms with E-state index in [4.69, 9.17) is 11.0 Å².